The minimum Gasteiger partial charge on any atom is -0.493 e. The fourth-order valence-corrected chi connectivity index (χ4v) is 2.39. The van der Waals surface area contributed by atoms with E-state index in [2.05, 4.69) is 10.4 Å². The summed E-state index contributed by atoms with van der Waals surface area (Å²) in [6.07, 6.45) is 1.68. The van der Waals surface area contributed by atoms with Crippen LogP contribution >= 0.6 is 12.2 Å². The highest BCUT2D eigenvalue weighted by Crippen LogP contribution is 2.37. The van der Waals surface area contributed by atoms with Crippen molar-refractivity contribution in [3.63, 3.8) is 0 Å². The molecule has 0 aliphatic heterocycles. The van der Waals surface area contributed by atoms with Gasteiger partial charge in [-0.15, -0.1) is 0 Å². The molecular formula is C19H23N3O3S. The van der Waals surface area contributed by atoms with Crippen LogP contribution in [0.1, 0.15) is 11.1 Å². The van der Waals surface area contributed by atoms with E-state index in [-0.39, 0.29) is 0 Å². The number of hydrogen-bond donors (Lipinski definition) is 1. The minimum atomic E-state index is 0.526. The molecule has 2 aromatic rings. The molecule has 0 spiro atoms. The summed E-state index contributed by atoms with van der Waals surface area (Å²) in [5, 5.41) is 9.66. The second-order valence-corrected chi connectivity index (χ2v) is 5.76. The highest BCUT2D eigenvalue weighted by Gasteiger charge is 2.12. The number of thiocarbonyl (C=S) groups is 1. The third-order valence-electron chi connectivity index (χ3n) is 3.65. The van der Waals surface area contributed by atoms with Gasteiger partial charge in [0, 0.05) is 19.2 Å². The third-order valence-corrected chi connectivity index (χ3v) is 4.06. The van der Waals surface area contributed by atoms with Crippen LogP contribution < -0.4 is 19.5 Å². The number of rotatable bonds is 7. The third kappa shape index (κ3) is 5.10. The van der Waals surface area contributed by atoms with Gasteiger partial charge in [0.05, 0.1) is 27.5 Å². The normalized spacial score (nSPS) is 10.5. The van der Waals surface area contributed by atoms with Gasteiger partial charge in [-0.25, -0.2) is 5.01 Å². The lowest BCUT2D eigenvalue weighted by atomic mass is 10.2. The van der Waals surface area contributed by atoms with Crippen LogP contribution in [0.4, 0.5) is 0 Å². The fourth-order valence-electron chi connectivity index (χ4n) is 2.27. The van der Waals surface area contributed by atoms with Crippen molar-refractivity contribution in [2.75, 3.05) is 28.4 Å². The number of ether oxygens (including phenoxy) is 3. The molecule has 6 nitrogen and oxygen atoms in total. The zero-order chi connectivity index (χ0) is 18.9. The zero-order valence-electron chi connectivity index (χ0n) is 15.4. The van der Waals surface area contributed by atoms with E-state index in [0.29, 0.717) is 28.9 Å². The lowest BCUT2D eigenvalue weighted by Crippen LogP contribution is -2.33. The first-order valence-corrected chi connectivity index (χ1v) is 8.39. The molecule has 2 aromatic carbocycles. The Kier molecular flexibility index (Phi) is 7.23. The van der Waals surface area contributed by atoms with Crippen molar-refractivity contribution >= 4 is 23.5 Å². The Hall–Kier alpha value is -2.80. The van der Waals surface area contributed by atoms with Gasteiger partial charge in [0.15, 0.2) is 16.6 Å². The van der Waals surface area contributed by atoms with Gasteiger partial charge >= 0.3 is 0 Å². The predicted octanol–water partition coefficient (Wildman–Crippen LogP) is 3.05. The predicted molar refractivity (Wildman–Crippen MR) is 107 cm³/mol. The molecule has 0 aliphatic rings. The van der Waals surface area contributed by atoms with Gasteiger partial charge in [0.2, 0.25) is 5.75 Å². The van der Waals surface area contributed by atoms with E-state index >= 15 is 0 Å². The number of benzene rings is 2. The van der Waals surface area contributed by atoms with E-state index in [1.807, 2.05) is 42.5 Å². The summed E-state index contributed by atoms with van der Waals surface area (Å²) in [6.45, 7) is 0.643. The van der Waals surface area contributed by atoms with Crippen LogP contribution in [0.25, 0.3) is 0 Å². The molecule has 0 bridgehead atoms. The first-order valence-electron chi connectivity index (χ1n) is 7.98. The van der Waals surface area contributed by atoms with Gasteiger partial charge in [-0.05, 0) is 29.9 Å². The number of hydrazone groups is 1. The molecule has 7 heteroatoms. The second kappa shape index (κ2) is 9.62. The molecule has 138 valence electrons. The van der Waals surface area contributed by atoms with Gasteiger partial charge in [0.25, 0.3) is 0 Å². The van der Waals surface area contributed by atoms with E-state index in [4.69, 9.17) is 26.4 Å². The lowest BCUT2D eigenvalue weighted by Gasteiger charge is -2.16. The Morgan fingerprint density at radius 1 is 1.08 bits per heavy atom. The topological polar surface area (TPSA) is 55.3 Å². The number of methoxy groups -OCH3 is 3. The highest BCUT2D eigenvalue weighted by atomic mass is 32.1. The van der Waals surface area contributed by atoms with E-state index in [1.54, 1.807) is 39.6 Å². The molecule has 2 rings (SSSR count). The van der Waals surface area contributed by atoms with Crippen LogP contribution in [-0.2, 0) is 6.54 Å². The van der Waals surface area contributed by atoms with Crippen LogP contribution in [0.15, 0.2) is 47.6 Å². The highest BCUT2D eigenvalue weighted by molar-refractivity contribution is 7.80. The molecule has 26 heavy (non-hydrogen) atoms. The summed E-state index contributed by atoms with van der Waals surface area (Å²) in [5.41, 5.74) is 1.95. The second-order valence-electron chi connectivity index (χ2n) is 5.37. The summed E-state index contributed by atoms with van der Waals surface area (Å²) in [6, 6.07) is 13.7. The SMILES string of the molecule is COc1cc(/C=N\N(C)C(=S)NCc2ccccc2)cc(OC)c1OC. The number of nitrogens with zero attached hydrogens (tertiary/aromatic N) is 2. The van der Waals surface area contributed by atoms with Gasteiger partial charge in [-0.3, -0.25) is 0 Å². The van der Waals surface area contributed by atoms with Crippen molar-refractivity contribution in [1.29, 1.82) is 0 Å². The Balaban J connectivity index is 2.04. The van der Waals surface area contributed by atoms with Gasteiger partial charge in [-0.2, -0.15) is 5.10 Å². The van der Waals surface area contributed by atoms with Crippen molar-refractivity contribution in [2.24, 2.45) is 5.10 Å². The fraction of sp³-hybridized carbons (Fsp3) is 0.263. The molecule has 0 aliphatic carbocycles. The van der Waals surface area contributed by atoms with Crippen molar-refractivity contribution in [2.45, 2.75) is 6.54 Å². The molecule has 0 atom stereocenters. The molecule has 0 saturated carbocycles. The first kappa shape index (κ1) is 19.5. The van der Waals surface area contributed by atoms with Crippen molar-refractivity contribution in [3.05, 3.63) is 53.6 Å². The van der Waals surface area contributed by atoms with Crippen LogP contribution in [0.3, 0.4) is 0 Å². The molecule has 1 N–H and O–H groups in total. The van der Waals surface area contributed by atoms with Crippen LogP contribution in [-0.4, -0.2) is 44.7 Å². The molecule has 0 fully saturated rings. The quantitative estimate of drug-likeness (QED) is 0.457. The van der Waals surface area contributed by atoms with Gasteiger partial charge in [0.1, 0.15) is 0 Å². The summed E-state index contributed by atoms with van der Waals surface area (Å²) in [5.74, 6) is 1.68. The minimum absolute atomic E-state index is 0.526. The molecule has 0 saturated heterocycles. The average molecular weight is 373 g/mol. The monoisotopic (exact) mass is 373 g/mol. The molecular weight excluding hydrogens is 350 g/mol. The molecule has 0 heterocycles. The maximum Gasteiger partial charge on any atom is 0.203 e. The number of nitrogens with one attached hydrogen (secondary N) is 1. The summed E-state index contributed by atoms with van der Waals surface area (Å²) >= 11 is 5.36. The summed E-state index contributed by atoms with van der Waals surface area (Å²) in [7, 11) is 6.51. The van der Waals surface area contributed by atoms with Crippen LogP contribution in [0.2, 0.25) is 0 Å². The smallest absolute Gasteiger partial charge is 0.203 e. The van der Waals surface area contributed by atoms with Crippen molar-refractivity contribution < 1.29 is 14.2 Å². The maximum absolute atomic E-state index is 5.36. The Morgan fingerprint density at radius 2 is 1.69 bits per heavy atom. The molecule has 0 aromatic heterocycles. The maximum atomic E-state index is 5.36. The van der Waals surface area contributed by atoms with Gasteiger partial charge < -0.3 is 19.5 Å². The standard InChI is InChI=1S/C19H23N3O3S/c1-22(19(26)20-12-14-8-6-5-7-9-14)21-13-15-10-16(23-2)18(25-4)17(11-15)24-3/h5-11,13H,12H2,1-4H3,(H,20,26)/b21-13-. The van der Waals surface area contributed by atoms with E-state index < -0.39 is 0 Å². The van der Waals surface area contributed by atoms with Crippen LogP contribution in [0.5, 0.6) is 17.2 Å². The molecule has 0 radical (unpaired) electrons. The Labute approximate surface area is 159 Å². The summed E-state index contributed by atoms with van der Waals surface area (Å²) in [4.78, 5) is 0. The van der Waals surface area contributed by atoms with Crippen molar-refractivity contribution in [3.8, 4) is 17.2 Å². The van der Waals surface area contributed by atoms with E-state index in [9.17, 15) is 0 Å². The lowest BCUT2D eigenvalue weighted by molar-refractivity contribution is 0.324. The Morgan fingerprint density at radius 3 is 2.23 bits per heavy atom. The van der Waals surface area contributed by atoms with E-state index in [1.165, 1.54) is 0 Å². The molecule has 0 unspecified atom stereocenters. The molecule has 0 amide bonds. The van der Waals surface area contributed by atoms with Crippen LogP contribution in [0, 0.1) is 0 Å². The number of hydrogen-bond acceptors (Lipinski definition) is 5. The van der Waals surface area contributed by atoms with Crippen molar-refractivity contribution in [1.82, 2.24) is 10.3 Å². The average Bonchev–Trinajstić information content (AvgIpc) is 2.69. The van der Waals surface area contributed by atoms with Gasteiger partial charge in [-0.1, -0.05) is 30.3 Å². The summed E-state index contributed by atoms with van der Waals surface area (Å²) < 4.78 is 16.0. The first-order chi connectivity index (χ1) is 12.6. The Bertz CT molecular complexity index is 741. The van der Waals surface area contributed by atoms with E-state index in [0.717, 1.165) is 11.1 Å². The largest absolute Gasteiger partial charge is 0.493 e. The zero-order valence-corrected chi connectivity index (χ0v) is 16.2.